The van der Waals surface area contributed by atoms with Crippen molar-refractivity contribution in [1.29, 1.82) is 0 Å². The fourth-order valence-corrected chi connectivity index (χ4v) is 5.76. The van der Waals surface area contributed by atoms with Crippen LogP contribution >= 0.6 is 23.2 Å². The number of hydrogen-bond donors (Lipinski definition) is 1. The SMILES string of the molecule is CC(C)(C)OC(=O)N(Cc1ccc(Cl)c(C(C)(C)O[SiH2]C(C)(C)C)c1)CC(F)F.CC(C)(C)OC(=O)N(Cc1ccc(Cl)c(CO)c1)CC(F)F. The number of hydrogen-bond acceptors (Lipinski definition) is 6. The lowest BCUT2D eigenvalue weighted by Crippen LogP contribution is -2.39. The van der Waals surface area contributed by atoms with Gasteiger partial charge in [-0.15, -0.1) is 0 Å². The van der Waals surface area contributed by atoms with E-state index in [1.807, 2.05) is 19.9 Å². The van der Waals surface area contributed by atoms with Gasteiger partial charge in [-0.05, 0) is 95.3 Å². The number of carbonyl (C=O) groups is 2. The van der Waals surface area contributed by atoms with E-state index in [-0.39, 0.29) is 24.7 Å². The number of halogens is 6. The smallest absolute Gasteiger partial charge is 0.410 e. The lowest BCUT2D eigenvalue weighted by molar-refractivity contribution is 0.00773. The predicted molar refractivity (Wildman–Crippen MR) is 196 cm³/mol. The minimum absolute atomic E-state index is 0.00377. The first-order valence-electron chi connectivity index (χ1n) is 16.5. The van der Waals surface area contributed by atoms with Crippen molar-refractivity contribution in [1.82, 2.24) is 9.80 Å². The van der Waals surface area contributed by atoms with Gasteiger partial charge in [-0.3, -0.25) is 9.80 Å². The number of amides is 2. The second-order valence-corrected chi connectivity index (χ2v) is 19.3. The van der Waals surface area contributed by atoms with Crippen LogP contribution in [-0.4, -0.2) is 74.0 Å². The molecule has 2 amide bonds. The van der Waals surface area contributed by atoms with Gasteiger partial charge in [-0.25, -0.2) is 27.2 Å². The molecule has 0 aliphatic heterocycles. The van der Waals surface area contributed by atoms with Crippen LogP contribution in [0.3, 0.4) is 0 Å². The Morgan fingerprint density at radius 2 is 1.14 bits per heavy atom. The van der Waals surface area contributed by atoms with Crippen molar-refractivity contribution in [2.24, 2.45) is 0 Å². The second kappa shape index (κ2) is 19.5. The number of alkyl halides is 4. The summed E-state index contributed by atoms with van der Waals surface area (Å²) in [6.45, 7) is 18.6. The third-order valence-corrected chi connectivity index (χ3v) is 9.02. The lowest BCUT2D eigenvalue weighted by atomic mass is 9.96. The van der Waals surface area contributed by atoms with Crippen molar-refractivity contribution >= 4 is 45.2 Å². The molecule has 0 spiro atoms. The minimum atomic E-state index is -2.67. The number of ether oxygens (including phenoxy) is 2. The summed E-state index contributed by atoms with van der Waals surface area (Å²) in [5, 5.41) is 10.2. The van der Waals surface area contributed by atoms with E-state index in [1.54, 1.807) is 71.9 Å². The molecule has 15 heteroatoms. The van der Waals surface area contributed by atoms with Gasteiger partial charge < -0.3 is 19.0 Å². The molecule has 0 aliphatic rings. The van der Waals surface area contributed by atoms with Crippen molar-refractivity contribution in [3.05, 3.63) is 68.7 Å². The first-order valence-corrected chi connectivity index (χ1v) is 18.5. The summed E-state index contributed by atoms with van der Waals surface area (Å²) in [5.41, 5.74) is 0.357. The molecule has 0 fully saturated rings. The number of rotatable bonds is 12. The first kappa shape index (κ1) is 46.4. The molecule has 0 atom stereocenters. The summed E-state index contributed by atoms with van der Waals surface area (Å²) in [7, 11) is -0.838. The number of nitrogens with zero attached hydrogens (tertiary/aromatic N) is 2. The summed E-state index contributed by atoms with van der Waals surface area (Å²) in [6, 6.07) is 10.0. The summed E-state index contributed by atoms with van der Waals surface area (Å²) in [5.74, 6) is 0. The van der Waals surface area contributed by atoms with Crippen LogP contribution in [0.1, 0.15) is 98.4 Å². The lowest BCUT2D eigenvalue weighted by Gasteiger charge is -2.32. The Labute approximate surface area is 312 Å². The maximum Gasteiger partial charge on any atom is 0.410 e. The van der Waals surface area contributed by atoms with Crippen molar-refractivity contribution in [3.63, 3.8) is 0 Å². The Balaban J connectivity index is 0.000000530. The quantitative estimate of drug-likeness (QED) is 0.170. The number of carbonyl (C=O) groups excluding carboxylic acids is 2. The number of aliphatic hydroxyl groups is 1. The van der Waals surface area contributed by atoms with E-state index in [4.69, 9.17) is 37.1 Å². The van der Waals surface area contributed by atoms with Crippen LogP contribution in [0.5, 0.6) is 0 Å². The molecule has 0 heterocycles. The molecule has 0 saturated heterocycles. The molecule has 51 heavy (non-hydrogen) atoms. The maximum atomic E-state index is 13.0. The monoisotopic (exact) mass is 784 g/mol. The van der Waals surface area contributed by atoms with Crippen LogP contribution in [0, 0.1) is 0 Å². The van der Waals surface area contributed by atoms with Crippen LogP contribution < -0.4 is 0 Å². The van der Waals surface area contributed by atoms with Gasteiger partial charge in [0.15, 0.2) is 9.76 Å². The van der Waals surface area contributed by atoms with Crippen molar-refractivity contribution in [3.8, 4) is 0 Å². The average molecular weight is 786 g/mol. The van der Waals surface area contributed by atoms with E-state index in [0.717, 1.165) is 15.4 Å². The molecule has 0 saturated carbocycles. The van der Waals surface area contributed by atoms with Crippen molar-refractivity contribution in [2.45, 2.75) is 131 Å². The maximum absolute atomic E-state index is 13.0. The molecular weight excluding hydrogens is 731 g/mol. The van der Waals surface area contributed by atoms with Crippen LogP contribution in [0.25, 0.3) is 0 Å². The van der Waals surface area contributed by atoms with Gasteiger partial charge in [0.05, 0.1) is 25.3 Å². The Morgan fingerprint density at radius 1 is 0.725 bits per heavy atom. The largest absolute Gasteiger partial charge is 0.444 e. The number of aliphatic hydroxyl groups excluding tert-OH is 1. The van der Waals surface area contributed by atoms with E-state index in [1.165, 1.54) is 0 Å². The zero-order valence-corrected chi connectivity index (χ0v) is 34.4. The topological polar surface area (TPSA) is 88.5 Å². The standard InChI is InChI=1S/C21H34ClF2NO3Si.C15H20ClF2NO3/c1-19(2,3)27-18(26)25(13-17(23)24)12-14-9-10-16(22)15(11-14)21(7,8)28-29-20(4,5)6;1-15(2,3)22-14(21)19(8-13(17)18)7-10-4-5-12(16)11(6-10)9-20/h9-11,17H,12-13,29H2,1-8H3;4-6,13,20H,7-9H2,1-3H3. The van der Waals surface area contributed by atoms with E-state index in [2.05, 4.69) is 20.8 Å². The highest BCUT2D eigenvalue weighted by atomic mass is 35.5. The van der Waals surface area contributed by atoms with Crippen LogP contribution in [0.4, 0.5) is 27.2 Å². The molecule has 290 valence electrons. The van der Waals surface area contributed by atoms with Crippen LogP contribution in [0.2, 0.25) is 15.1 Å². The molecule has 0 radical (unpaired) electrons. The Kier molecular flexibility index (Phi) is 17.7. The van der Waals surface area contributed by atoms with Gasteiger partial charge in [0, 0.05) is 28.7 Å². The molecular formula is C36H54Cl2F4N2O6Si. The predicted octanol–water partition coefficient (Wildman–Crippen LogP) is 9.73. The van der Waals surface area contributed by atoms with Gasteiger partial charge in [0.25, 0.3) is 12.9 Å². The average Bonchev–Trinajstić information content (AvgIpc) is 2.95. The third kappa shape index (κ3) is 18.7. The fourth-order valence-electron chi connectivity index (χ4n) is 4.29. The van der Waals surface area contributed by atoms with Gasteiger partial charge in [-0.1, -0.05) is 62.2 Å². The summed E-state index contributed by atoms with van der Waals surface area (Å²) >= 11 is 12.3. The molecule has 2 rings (SSSR count). The van der Waals surface area contributed by atoms with Gasteiger partial charge in [-0.2, -0.15) is 0 Å². The molecule has 8 nitrogen and oxygen atoms in total. The summed E-state index contributed by atoms with van der Waals surface area (Å²) < 4.78 is 68.1. The van der Waals surface area contributed by atoms with Gasteiger partial charge >= 0.3 is 12.2 Å². The van der Waals surface area contributed by atoms with Gasteiger partial charge in [0.2, 0.25) is 0 Å². The first-order chi connectivity index (χ1) is 23.1. The van der Waals surface area contributed by atoms with Crippen LogP contribution in [0.15, 0.2) is 36.4 Å². The van der Waals surface area contributed by atoms with Crippen molar-refractivity contribution in [2.75, 3.05) is 13.1 Å². The van der Waals surface area contributed by atoms with E-state index < -0.39 is 64.7 Å². The zero-order valence-electron chi connectivity index (χ0n) is 31.5. The minimum Gasteiger partial charge on any atom is -0.444 e. The highest BCUT2D eigenvalue weighted by Gasteiger charge is 2.29. The van der Waals surface area contributed by atoms with E-state index in [9.17, 15) is 32.3 Å². The third-order valence-electron chi connectivity index (χ3n) is 6.59. The molecule has 1 N–H and O–H groups in total. The highest BCUT2D eigenvalue weighted by molar-refractivity contribution is 6.33. The molecule has 2 aromatic rings. The summed E-state index contributed by atoms with van der Waals surface area (Å²) in [4.78, 5) is 26.3. The number of benzene rings is 2. The Morgan fingerprint density at radius 3 is 1.51 bits per heavy atom. The Hall–Kier alpha value is -2.58. The van der Waals surface area contributed by atoms with E-state index in [0.29, 0.717) is 26.7 Å². The van der Waals surface area contributed by atoms with E-state index >= 15 is 0 Å². The van der Waals surface area contributed by atoms with Crippen molar-refractivity contribution < 1.29 is 46.2 Å². The zero-order chi connectivity index (χ0) is 39.5. The molecule has 0 aromatic heterocycles. The van der Waals surface area contributed by atoms with Crippen LogP contribution in [-0.2, 0) is 39.2 Å². The summed E-state index contributed by atoms with van der Waals surface area (Å²) in [6.07, 6.45) is -6.91. The molecule has 0 aliphatic carbocycles. The fraction of sp³-hybridized carbons (Fsp3) is 0.611. The molecule has 0 unspecified atom stereocenters. The van der Waals surface area contributed by atoms with Gasteiger partial charge in [0.1, 0.15) is 11.2 Å². The highest BCUT2D eigenvalue weighted by Crippen LogP contribution is 2.34. The second-order valence-electron chi connectivity index (χ2n) is 15.8. The molecule has 2 aromatic carbocycles. The Bertz CT molecular complexity index is 1430. The normalized spacial score (nSPS) is 12.6. The molecule has 0 bridgehead atoms.